The molecule has 2 atom stereocenters. The molecule has 1 aliphatic carbocycles. The number of benzene rings is 1. The van der Waals surface area contributed by atoms with Crippen LogP contribution in [0.15, 0.2) is 23.1 Å². The van der Waals surface area contributed by atoms with Crippen LogP contribution >= 0.6 is 23.2 Å². The molecule has 1 saturated carbocycles. The molecule has 110 valence electrons. The minimum Gasteiger partial charge on any atom is -0.207 e. The molecule has 6 heteroatoms. The predicted molar refractivity (Wildman–Crippen MR) is 80.6 cm³/mol. The van der Waals surface area contributed by atoms with Crippen LogP contribution < -0.4 is 0 Å². The zero-order chi connectivity index (χ0) is 14.3. The first-order valence-corrected chi connectivity index (χ1v) is 9.22. The maximum Gasteiger partial charge on any atom is 0.243 e. The highest BCUT2D eigenvalue weighted by atomic mass is 35.5. The quantitative estimate of drug-likeness (QED) is 0.794. The van der Waals surface area contributed by atoms with Crippen molar-refractivity contribution >= 4 is 33.2 Å². The summed E-state index contributed by atoms with van der Waals surface area (Å²) in [5.74, 6) is 1.31. The molecule has 0 N–H and O–H groups in total. The Bertz CT molecular complexity index is 606. The van der Waals surface area contributed by atoms with Crippen LogP contribution in [0.1, 0.15) is 24.8 Å². The fourth-order valence-electron chi connectivity index (χ4n) is 3.35. The van der Waals surface area contributed by atoms with Crippen LogP contribution in [0, 0.1) is 11.8 Å². The average molecular weight is 334 g/mol. The van der Waals surface area contributed by atoms with Crippen molar-refractivity contribution < 1.29 is 8.42 Å². The highest BCUT2D eigenvalue weighted by Crippen LogP contribution is 2.40. The predicted octanol–water partition coefficient (Wildman–Crippen LogP) is 3.50. The van der Waals surface area contributed by atoms with E-state index in [1.165, 1.54) is 6.42 Å². The van der Waals surface area contributed by atoms with Gasteiger partial charge in [-0.1, -0.05) is 18.0 Å². The van der Waals surface area contributed by atoms with E-state index in [2.05, 4.69) is 0 Å². The zero-order valence-electron chi connectivity index (χ0n) is 11.1. The summed E-state index contributed by atoms with van der Waals surface area (Å²) < 4.78 is 27.0. The van der Waals surface area contributed by atoms with Gasteiger partial charge >= 0.3 is 0 Å². The molecule has 1 aliphatic heterocycles. The largest absolute Gasteiger partial charge is 0.243 e. The lowest BCUT2D eigenvalue weighted by Gasteiger charge is -2.18. The lowest BCUT2D eigenvalue weighted by atomic mass is 10.0. The Morgan fingerprint density at radius 2 is 1.85 bits per heavy atom. The first-order chi connectivity index (χ1) is 9.52. The number of rotatable bonds is 3. The minimum absolute atomic E-state index is 0.216. The summed E-state index contributed by atoms with van der Waals surface area (Å²) >= 11 is 11.8. The number of fused-ring (bicyclic) bond motifs is 1. The van der Waals surface area contributed by atoms with Gasteiger partial charge < -0.3 is 0 Å². The molecule has 1 heterocycles. The van der Waals surface area contributed by atoms with Crippen molar-refractivity contribution in [2.45, 2.75) is 30.0 Å². The Kier molecular flexibility index (Phi) is 4.01. The molecule has 2 fully saturated rings. The van der Waals surface area contributed by atoms with Crippen molar-refractivity contribution in [2.24, 2.45) is 11.8 Å². The van der Waals surface area contributed by atoms with E-state index in [9.17, 15) is 8.42 Å². The van der Waals surface area contributed by atoms with Crippen molar-refractivity contribution in [3.05, 3.63) is 28.8 Å². The monoisotopic (exact) mass is 333 g/mol. The van der Waals surface area contributed by atoms with Crippen molar-refractivity contribution in [1.29, 1.82) is 0 Å². The summed E-state index contributed by atoms with van der Waals surface area (Å²) in [5.41, 5.74) is 0.661. The highest BCUT2D eigenvalue weighted by Gasteiger charge is 2.41. The molecule has 3 nitrogen and oxygen atoms in total. The van der Waals surface area contributed by atoms with E-state index in [0.29, 0.717) is 40.4 Å². The van der Waals surface area contributed by atoms with Crippen LogP contribution in [-0.4, -0.2) is 25.8 Å². The molecular weight excluding hydrogens is 317 g/mol. The van der Waals surface area contributed by atoms with E-state index in [-0.39, 0.29) is 5.88 Å². The Balaban J connectivity index is 1.89. The van der Waals surface area contributed by atoms with Crippen LogP contribution in [0.4, 0.5) is 0 Å². The first-order valence-electron chi connectivity index (χ1n) is 6.87. The average Bonchev–Trinajstić information content (AvgIpc) is 2.99. The summed E-state index contributed by atoms with van der Waals surface area (Å²) in [6.07, 6.45) is 3.55. The summed E-state index contributed by atoms with van der Waals surface area (Å²) in [7, 11) is -3.41. The van der Waals surface area contributed by atoms with Gasteiger partial charge in [0.05, 0.1) is 4.90 Å². The van der Waals surface area contributed by atoms with E-state index >= 15 is 0 Å². The van der Waals surface area contributed by atoms with Crippen LogP contribution in [-0.2, 0) is 15.9 Å². The molecule has 2 aliphatic rings. The maximum absolute atomic E-state index is 12.7. The van der Waals surface area contributed by atoms with E-state index in [1.54, 1.807) is 22.5 Å². The number of hydrogen-bond acceptors (Lipinski definition) is 2. The molecule has 20 heavy (non-hydrogen) atoms. The molecule has 0 amide bonds. The number of halogens is 2. The van der Waals surface area contributed by atoms with Crippen molar-refractivity contribution in [3.8, 4) is 0 Å². The SMILES string of the molecule is O=S(=O)(c1ccc(Cl)c(CCl)c1)N1CC2CCCC2C1. The van der Waals surface area contributed by atoms with Gasteiger partial charge in [-0.25, -0.2) is 8.42 Å². The van der Waals surface area contributed by atoms with E-state index in [1.807, 2.05) is 0 Å². The van der Waals surface area contributed by atoms with Gasteiger partial charge in [-0.05, 0) is 48.4 Å². The van der Waals surface area contributed by atoms with Crippen molar-refractivity contribution in [3.63, 3.8) is 0 Å². The second-order valence-electron chi connectivity index (χ2n) is 5.66. The van der Waals surface area contributed by atoms with E-state index in [0.717, 1.165) is 12.8 Å². The molecule has 1 aromatic carbocycles. The number of alkyl halides is 1. The fraction of sp³-hybridized carbons (Fsp3) is 0.571. The van der Waals surface area contributed by atoms with Crippen LogP contribution in [0.3, 0.4) is 0 Å². The molecule has 1 aromatic rings. The third kappa shape index (κ3) is 2.47. The molecular formula is C14H17Cl2NO2S. The Hall–Kier alpha value is -0.290. The molecule has 3 rings (SSSR count). The fourth-order valence-corrected chi connectivity index (χ4v) is 5.43. The molecule has 0 bridgehead atoms. The Morgan fingerprint density at radius 3 is 2.45 bits per heavy atom. The van der Waals surface area contributed by atoms with Gasteiger partial charge in [0.2, 0.25) is 10.0 Å². The van der Waals surface area contributed by atoms with Gasteiger partial charge in [0.15, 0.2) is 0 Å². The van der Waals surface area contributed by atoms with Crippen molar-refractivity contribution in [2.75, 3.05) is 13.1 Å². The van der Waals surface area contributed by atoms with Crippen LogP contribution in [0.2, 0.25) is 5.02 Å². The summed E-state index contributed by atoms with van der Waals surface area (Å²) in [6, 6.07) is 4.78. The molecule has 2 unspecified atom stereocenters. The number of sulfonamides is 1. The normalized spacial score (nSPS) is 26.9. The topological polar surface area (TPSA) is 37.4 Å². The maximum atomic E-state index is 12.7. The Morgan fingerprint density at radius 1 is 1.20 bits per heavy atom. The molecule has 0 radical (unpaired) electrons. The molecule has 1 saturated heterocycles. The van der Waals surface area contributed by atoms with Gasteiger partial charge in [-0.2, -0.15) is 4.31 Å². The lowest BCUT2D eigenvalue weighted by Crippen LogP contribution is -2.29. The third-order valence-electron chi connectivity index (χ3n) is 4.49. The van der Waals surface area contributed by atoms with Crippen molar-refractivity contribution in [1.82, 2.24) is 4.31 Å². The zero-order valence-corrected chi connectivity index (χ0v) is 13.4. The van der Waals surface area contributed by atoms with Gasteiger partial charge in [0, 0.05) is 24.0 Å². The van der Waals surface area contributed by atoms with Gasteiger partial charge in [0.1, 0.15) is 0 Å². The number of hydrogen-bond donors (Lipinski definition) is 0. The lowest BCUT2D eigenvalue weighted by molar-refractivity contribution is 0.445. The Labute approximate surface area is 129 Å². The summed E-state index contributed by atoms with van der Waals surface area (Å²) in [5, 5.41) is 0.511. The first kappa shape index (κ1) is 14.6. The summed E-state index contributed by atoms with van der Waals surface area (Å²) in [4.78, 5) is 0.303. The van der Waals surface area contributed by atoms with Gasteiger partial charge in [-0.15, -0.1) is 11.6 Å². The molecule has 0 spiro atoms. The van der Waals surface area contributed by atoms with Gasteiger partial charge in [-0.3, -0.25) is 0 Å². The van der Waals surface area contributed by atoms with E-state index in [4.69, 9.17) is 23.2 Å². The number of nitrogens with zero attached hydrogens (tertiary/aromatic N) is 1. The second kappa shape index (κ2) is 5.48. The summed E-state index contributed by atoms with van der Waals surface area (Å²) in [6.45, 7) is 1.32. The minimum atomic E-state index is -3.41. The smallest absolute Gasteiger partial charge is 0.207 e. The van der Waals surface area contributed by atoms with E-state index < -0.39 is 10.0 Å². The second-order valence-corrected chi connectivity index (χ2v) is 8.27. The molecule has 0 aromatic heterocycles. The highest BCUT2D eigenvalue weighted by molar-refractivity contribution is 7.89. The van der Waals surface area contributed by atoms with Gasteiger partial charge in [0.25, 0.3) is 0 Å². The van der Waals surface area contributed by atoms with Crippen LogP contribution in [0.5, 0.6) is 0 Å². The third-order valence-corrected chi connectivity index (χ3v) is 6.98. The standard InChI is InChI=1S/C14H17Cl2NO2S/c15-7-12-6-13(4-5-14(12)16)20(18,19)17-8-10-2-1-3-11(10)9-17/h4-6,10-11H,1-3,7-9H2. The van der Waals surface area contributed by atoms with Crippen LogP contribution in [0.25, 0.3) is 0 Å².